The summed E-state index contributed by atoms with van der Waals surface area (Å²) >= 11 is 0. The molecular formula is C13H17FN2O3. The molecule has 2 unspecified atom stereocenters. The van der Waals surface area contributed by atoms with E-state index in [4.69, 9.17) is 0 Å². The second-order valence-electron chi connectivity index (χ2n) is 4.91. The number of halogens is 1. The van der Waals surface area contributed by atoms with Crippen LogP contribution in [0.1, 0.15) is 25.7 Å². The minimum absolute atomic E-state index is 0.0663. The maximum Gasteiger partial charge on any atom is 0.292 e. The van der Waals surface area contributed by atoms with E-state index in [9.17, 15) is 19.6 Å². The minimum atomic E-state index is -0.543. The van der Waals surface area contributed by atoms with Crippen molar-refractivity contribution in [1.29, 1.82) is 0 Å². The lowest BCUT2D eigenvalue weighted by molar-refractivity contribution is -0.384. The normalized spacial score (nSPS) is 23.1. The molecule has 1 aromatic carbocycles. The van der Waals surface area contributed by atoms with Crippen LogP contribution in [0.5, 0.6) is 0 Å². The Morgan fingerprint density at radius 3 is 2.84 bits per heavy atom. The number of benzene rings is 1. The monoisotopic (exact) mass is 268 g/mol. The highest BCUT2D eigenvalue weighted by atomic mass is 19.1. The van der Waals surface area contributed by atoms with E-state index in [-0.39, 0.29) is 23.4 Å². The number of hydrogen-bond donors (Lipinski definition) is 2. The topological polar surface area (TPSA) is 75.4 Å². The molecule has 6 heteroatoms. The zero-order valence-corrected chi connectivity index (χ0v) is 10.5. The van der Waals surface area contributed by atoms with Gasteiger partial charge in [0.15, 0.2) is 0 Å². The van der Waals surface area contributed by atoms with Crippen LogP contribution in [-0.4, -0.2) is 22.7 Å². The summed E-state index contributed by atoms with van der Waals surface area (Å²) in [6, 6.07) is 3.33. The van der Waals surface area contributed by atoms with E-state index in [1.807, 2.05) is 0 Å². The van der Waals surface area contributed by atoms with Gasteiger partial charge in [-0.2, -0.15) is 0 Å². The number of nitrogens with zero attached hydrogens (tertiary/aromatic N) is 1. The summed E-state index contributed by atoms with van der Waals surface area (Å²) in [5, 5.41) is 23.6. The Bertz CT molecular complexity index is 467. The van der Waals surface area contributed by atoms with Gasteiger partial charge in [-0.25, -0.2) is 4.39 Å². The number of nitro benzene ring substituents is 1. The Morgan fingerprint density at radius 2 is 2.16 bits per heavy atom. The van der Waals surface area contributed by atoms with Gasteiger partial charge < -0.3 is 10.4 Å². The molecule has 0 spiro atoms. The molecule has 0 heterocycles. The SMILES string of the molecule is O=[N+]([O-])c1ccc(F)cc1NCC1CCCCC1O. The number of nitrogens with one attached hydrogen (secondary N) is 1. The number of anilines is 1. The smallest absolute Gasteiger partial charge is 0.292 e. The molecule has 1 aromatic rings. The van der Waals surface area contributed by atoms with E-state index >= 15 is 0 Å². The third-order valence-corrected chi connectivity index (χ3v) is 3.58. The van der Waals surface area contributed by atoms with Crippen LogP contribution in [0.4, 0.5) is 15.8 Å². The standard InChI is InChI=1S/C13H17FN2O3/c14-10-5-6-12(16(18)19)11(7-10)15-8-9-3-1-2-4-13(9)17/h5-7,9,13,15,17H,1-4,8H2. The molecule has 104 valence electrons. The van der Waals surface area contributed by atoms with E-state index in [1.165, 1.54) is 0 Å². The predicted molar refractivity (Wildman–Crippen MR) is 69.5 cm³/mol. The molecule has 1 saturated carbocycles. The van der Waals surface area contributed by atoms with Crippen LogP contribution in [0.3, 0.4) is 0 Å². The lowest BCUT2D eigenvalue weighted by Crippen LogP contribution is -2.30. The van der Waals surface area contributed by atoms with Crippen molar-refractivity contribution < 1.29 is 14.4 Å². The van der Waals surface area contributed by atoms with Gasteiger partial charge in [0.25, 0.3) is 5.69 Å². The lowest BCUT2D eigenvalue weighted by atomic mass is 9.86. The van der Waals surface area contributed by atoms with E-state index in [1.54, 1.807) is 0 Å². The van der Waals surface area contributed by atoms with Crippen molar-refractivity contribution in [2.45, 2.75) is 31.8 Å². The Balaban J connectivity index is 2.05. The predicted octanol–water partition coefficient (Wildman–Crippen LogP) is 2.70. The maximum absolute atomic E-state index is 13.1. The molecule has 0 amide bonds. The summed E-state index contributed by atoms with van der Waals surface area (Å²) in [7, 11) is 0. The highest BCUT2D eigenvalue weighted by molar-refractivity contribution is 5.61. The molecule has 5 nitrogen and oxygen atoms in total. The van der Waals surface area contributed by atoms with Crippen molar-refractivity contribution in [2.24, 2.45) is 5.92 Å². The Morgan fingerprint density at radius 1 is 1.42 bits per heavy atom. The first kappa shape index (κ1) is 13.7. The largest absolute Gasteiger partial charge is 0.393 e. The Hall–Kier alpha value is -1.69. The fourth-order valence-corrected chi connectivity index (χ4v) is 2.48. The van der Waals surface area contributed by atoms with E-state index in [2.05, 4.69) is 5.32 Å². The molecular weight excluding hydrogens is 251 g/mol. The molecule has 0 aliphatic heterocycles. The third kappa shape index (κ3) is 3.41. The number of aliphatic hydroxyl groups excluding tert-OH is 1. The third-order valence-electron chi connectivity index (χ3n) is 3.58. The number of aliphatic hydroxyl groups is 1. The van der Waals surface area contributed by atoms with Crippen molar-refractivity contribution in [3.8, 4) is 0 Å². The molecule has 19 heavy (non-hydrogen) atoms. The van der Waals surface area contributed by atoms with Crippen molar-refractivity contribution in [3.63, 3.8) is 0 Å². The number of hydrogen-bond acceptors (Lipinski definition) is 4. The molecule has 1 aliphatic carbocycles. The van der Waals surface area contributed by atoms with Gasteiger partial charge in [0.05, 0.1) is 11.0 Å². The van der Waals surface area contributed by atoms with Gasteiger partial charge in [-0.3, -0.25) is 10.1 Å². The molecule has 0 bridgehead atoms. The quantitative estimate of drug-likeness (QED) is 0.650. The minimum Gasteiger partial charge on any atom is -0.393 e. The van der Waals surface area contributed by atoms with Gasteiger partial charge in [-0.15, -0.1) is 0 Å². The zero-order valence-electron chi connectivity index (χ0n) is 10.5. The van der Waals surface area contributed by atoms with E-state index in [0.717, 1.165) is 43.9 Å². The van der Waals surface area contributed by atoms with Gasteiger partial charge in [0, 0.05) is 24.6 Å². The molecule has 1 fully saturated rings. The maximum atomic E-state index is 13.1. The van der Waals surface area contributed by atoms with E-state index in [0.29, 0.717) is 6.54 Å². The summed E-state index contributed by atoms with van der Waals surface area (Å²) in [6.45, 7) is 0.422. The van der Waals surface area contributed by atoms with Crippen LogP contribution in [0.2, 0.25) is 0 Å². The molecule has 0 saturated heterocycles. The van der Waals surface area contributed by atoms with E-state index < -0.39 is 10.7 Å². The van der Waals surface area contributed by atoms with Gasteiger partial charge in [-0.05, 0) is 18.9 Å². The first-order valence-corrected chi connectivity index (χ1v) is 6.44. The summed E-state index contributed by atoms with van der Waals surface area (Å²) in [4.78, 5) is 10.3. The van der Waals surface area contributed by atoms with Crippen molar-refractivity contribution in [2.75, 3.05) is 11.9 Å². The van der Waals surface area contributed by atoms with Gasteiger partial charge in [0.1, 0.15) is 11.5 Å². The molecule has 0 radical (unpaired) electrons. The highest BCUT2D eigenvalue weighted by Crippen LogP contribution is 2.28. The Kier molecular flexibility index (Phi) is 4.31. The van der Waals surface area contributed by atoms with Crippen LogP contribution in [0.25, 0.3) is 0 Å². The number of nitro groups is 1. The average molecular weight is 268 g/mol. The summed E-state index contributed by atoms with van der Waals surface area (Å²) in [6.07, 6.45) is 3.33. The lowest BCUT2D eigenvalue weighted by Gasteiger charge is -2.27. The summed E-state index contributed by atoms with van der Waals surface area (Å²) in [5.41, 5.74) is 0.0227. The molecule has 2 atom stereocenters. The zero-order chi connectivity index (χ0) is 13.8. The molecule has 0 aromatic heterocycles. The van der Waals surface area contributed by atoms with Gasteiger partial charge in [0.2, 0.25) is 0 Å². The van der Waals surface area contributed by atoms with Crippen LogP contribution in [0.15, 0.2) is 18.2 Å². The average Bonchev–Trinajstić information content (AvgIpc) is 2.37. The first-order valence-electron chi connectivity index (χ1n) is 6.44. The molecule has 2 N–H and O–H groups in total. The van der Waals surface area contributed by atoms with Gasteiger partial charge in [-0.1, -0.05) is 12.8 Å². The molecule has 2 rings (SSSR count). The van der Waals surface area contributed by atoms with Crippen molar-refractivity contribution >= 4 is 11.4 Å². The van der Waals surface area contributed by atoms with Crippen molar-refractivity contribution in [3.05, 3.63) is 34.1 Å². The fourth-order valence-electron chi connectivity index (χ4n) is 2.48. The summed E-state index contributed by atoms with van der Waals surface area (Å²) in [5.74, 6) is -0.450. The first-order chi connectivity index (χ1) is 9.08. The number of rotatable bonds is 4. The Labute approximate surface area is 110 Å². The molecule has 1 aliphatic rings. The highest BCUT2D eigenvalue weighted by Gasteiger charge is 2.24. The van der Waals surface area contributed by atoms with Crippen LogP contribution < -0.4 is 5.32 Å². The van der Waals surface area contributed by atoms with Crippen LogP contribution >= 0.6 is 0 Å². The second-order valence-corrected chi connectivity index (χ2v) is 4.91. The fraction of sp³-hybridized carbons (Fsp3) is 0.538. The second kappa shape index (κ2) is 5.97. The van der Waals surface area contributed by atoms with Crippen LogP contribution in [-0.2, 0) is 0 Å². The summed E-state index contributed by atoms with van der Waals surface area (Å²) < 4.78 is 13.1. The van der Waals surface area contributed by atoms with Crippen LogP contribution in [0, 0.1) is 21.8 Å². The van der Waals surface area contributed by atoms with Gasteiger partial charge >= 0.3 is 0 Å². The van der Waals surface area contributed by atoms with Crippen molar-refractivity contribution in [1.82, 2.24) is 0 Å².